The third kappa shape index (κ3) is 4.83. The summed E-state index contributed by atoms with van der Waals surface area (Å²) in [5.41, 5.74) is 7.14. The Hall–Kier alpha value is -2.28. The molecule has 8 heteroatoms. The zero-order chi connectivity index (χ0) is 21.1. The maximum atomic E-state index is 12.7. The predicted molar refractivity (Wildman–Crippen MR) is 113 cm³/mol. The topological polar surface area (TPSA) is 95.7 Å². The number of nitrogens with two attached hydrogens (primary N) is 1. The van der Waals surface area contributed by atoms with Crippen molar-refractivity contribution in [3.8, 4) is 5.75 Å². The second-order valence-electron chi connectivity index (χ2n) is 7.25. The van der Waals surface area contributed by atoms with Gasteiger partial charge in [-0.1, -0.05) is 53.5 Å². The lowest BCUT2D eigenvalue weighted by molar-refractivity contribution is -0.129. The van der Waals surface area contributed by atoms with Gasteiger partial charge in [0.15, 0.2) is 0 Å². The van der Waals surface area contributed by atoms with Crippen LogP contribution in [0.5, 0.6) is 5.75 Å². The number of aromatic hydroxyl groups is 1. The number of phenolic OH excluding ortho intramolecular Hbond substituents is 1. The van der Waals surface area contributed by atoms with Crippen LogP contribution in [0.4, 0.5) is 0 Å². The van der Waals surface area contributed by atoms with Crippen molar-refractivity contribution < 1.29 is 14.7 Å². The minimum atomic E-state index is -0.571. The molecule has 0 aromatic heterocycles. The Morgan fingerprint density at radius 3 is 2.62 bits per heavy atom. The number of carbonyl (C=O) groups is 2. The molecule has 29 heavy (non-hydrogen) atoms. The molecule has 1 saturated heterocycles. The van der Waals surface area contributed by atoms with Crippen LogP contribution >= 0.6 is 23.2 Å². The summed E-state index contributed by atoms with van der Waals surface area (Å²) in [7, 11) is 0. The smallest absolute Gasteiger partial charge is 0.237 e. The molecule has 1 fully saturated rings. The molecular weight excluding hydrogens is 413 g/mol. The second-order valence-corrected chi connectivity index (χ2v) is 8.09. The molecule has 2 unspecified atom stereocenters. The van der Waals surface area contributed by atoms with Crippen LogP contribution in [0.1, 0.15) is 30.4 Å². The van der Waals surface area contributed by atoms with E-state index in [1.807, 2.05) is 35.2 Å². The van der Waals surface area contributed by atoms with E-state index < -0.39 is 18.0 Å². The molecule has 1 heterocycles. The van der Waals surface area contributed by atoms with Crippen LogP contribution in [0.3, 0.4) is 0 Å². The number of hydrogen-bond acceptors (Lipinski definition) is 4. The van der Waals surface area contributed by atoms with Crippen LogP contribution in [0.15, 0.2) is 42.5 Å². The Labute approximate surface area is 179 Å². The van der Waals surface area contributed by atoms with Crippen LogP contribution in [0, 0.1) is 0 Å². The number of amides is 2. The summed E-state index contributed by atoms with van der Waals surface area (Å²) >= 11 is 11.9. The summed E-state index contributed by atoms with van der Waals surface area (Å²) < 4.78 is 0. The van der Waals surface area contributed by atoms with Crippen molar-refractivity contribution in [2.24, 2.45) is 5.73 Å². The molecule has 0 spiro atoms. The van der Waals surface area contributed by atoms with Gasteiger partial charge < -0.3 is 16.2 Å². The Bertz CT molecular complexity index is 908. The molecule has 3 rings (SSSR count). The van der Waals surface area contributed by atoms with Gasteiger partial charge in [0.1, 0.15) is 5.75 Å². The van der Waals surface area contributed by atoms with Crippen molar-refractivity contribution >= 4 is 35.0 Å². The lowest BCUT2D eigenvalue weighted by Crippen LogP contribution is -2.51. The van der Waals surface area contributed by atoms with Gasteiger partial charge in [-0.15, -0.1) is 0 Å². The fourth-order valence-electron chi connectivity index (χ4n) is 3.77. The molecule has 0 bridgehead atoms. The molecule has 4 N–H and O–H groups in total. The summed E-state index contributed by atoms with van der Waals surface area (Å²) in [5, 5.41) is 13.3. The molecule has 1 aliphatic rings. The zero-order valence-electron chi connectivity index (χ0n) is 15.9. The van der Waals surface area contributed by atoms with Crippen LogP contribution in [0.2, 0.25) is 10.0 Å². The van der Waals surface area contributed by atoms with Gasteiger partial charge >= 0.3 is 0 Å². The Kier molecular flexibility index (Phi) is 6.67. The monoisotopic (exact) mass is 435 g/mol. The first-order valence-electron chi connectivity index (χ1n) is 9.32. The quantitative estimate of drug-likeness (QED) is 0.649. The molecule has 0 saturated carbocycles. The third-order valence-electron chi connectivity index (χ3n) is 5.38. The molecular formula is C21H23Cl2N3O3. The van der Waals surface area contributed by atoms with Crippen molar-refractivity contribution in [3.05, 3.63) is 63.6 Å². The highest BCUT2D eigenvalue weighted by Gasteiger charge is 2.40. The molecule has 0 radical (unpaired) electrons. The third-order valence-corrected chi connectivity index (χ3v) is 5.88. The lowest BCUT2D eigenvalue weighted by Gasteiger charge is -2.28. The van der Waals surface area contributed by atoms with Crippen molar-refractivity contribution in [2.45, 2.75) is 37.9 Å². The first-order valence-corrected chi connectivity index (χ1v) is 10.1. The first-order chi connectivity index (χ1) is 13.8. The second kappa shape index (κ2) is 9.03. The SMILES string of the molecule is C[C@@H](C(=O)NCc1cc(Cl)cc(Cl)c1O)N1CC(c2ccccc2)CC1C(N)=O. The summed E-state index contributed by atoms with van der Waals surface area (Å²) in [6.45, 7) is 2.36. The average molecular weight is 436 g/mol. The molecule has 0 aliphatic carbocycles. The molecule has 154 valence electrons. The molecule has 2 amide bonds. The first kappa shape index (κ1) is 21.4. The summed E-state index contributed by atoms with van der Waals surface area (Å²) in [5.74, 6) is -0.716. The lowest BCUT2D eigenvalue weighted by atomic mass is 9.96. The number of likely N-dealkylation sites (tertiary alicyclic amines) is 1. The van der Waals surface area contributed by atoms with Crippen LogP contribution < -0.4 is 11.1 Å². The van der Waals surface area contributed by atoms with E-state index in [1.165, 1.54) is 6.07 Å². The van der Waals surface area contributed by atoms with Gasteiger partial charge in [0.05, 0.1) is 17.1 Å². The van der Waals surface area contributed by atoms with E-state index in [2.05, 4.69) is 5.32 Å². The van der Waals surface area contributed by atoms with E-state index >= 15 is 0 Å². The Morgan fingerprint density at radius 2 is 1.97 bits per heavy atom. The fourth-order valence-corrected chi connectivity index (χ4v) is 4.31. The highest BCUT2D eigenvalue weighted by atomic mass is 35.5. The number of nitrogens with zero attached hydrogens (tertiary/aromatic N) is 1. The molecule has 2 aromatic rings. The zero-order valence-corrected chi connectivity index (χ0v) is 17.5. The fraction of sp³-hybridized carbons (Fsp3) is 0.333. The largest absolute Gasteiger partial charge is 0.506 e. The number of carbonyl (C=O) groups excluding carboxylic acids is 2. The average Bonchev–Trinajstić information content (AvgIpc) is 3.15. The number of rotatable bonds is 6. The summed E-state index contributed by atoms with van der Waals surface area (Å²) in [4.78, 5) is 26.6. The van der Waals surface area contributed by atoms with Crippen LogP contribution in [0.25, 0.3) is 0 Å². The number of halogens is 2. The number of benzene rings is 2. The maximum Gasteiger partial charge on any atom is 0.237 e. The summed E-state index contributed by atoms with van der Waals surface area (Å²) in [6.07, 6.45) is 0.571. The van der Waals surface area contributed by atoms with E-state index in [-0.39, 0.29) is 29.1 Å². The van der Waals surface area contributed by atoms with Gasteiger partial charge in [-0.25, -0.2) is 0 Å². The van der Waals surface area contributed by atoms with E-state index in [9.17, 15) is 14.7 Å². The van der Waals surface area contributed by atoms with Gasteiger partial charge in [-0.2, -0.15) is 0 Å². The molecule has 3 atom stereocenters. The predicted octanol–water partition coefficient (Wildman–Crippen LogP) is 3.05. The minimum Gasteiger partial charge on any atom is -0.506 e. The molecule has 1 aliphatic heterocycles. The normalized spacial score (nSPS) is 20.4. The number of primary amides is 1. The van der Waals surface area contributed by atoms with Crippen LogP contribution in [-0.4, -0.2) is 40.4 Å². The Morgan fingerprint density at radius 1 is 1.28 bits per heavy atom. The standard InChI is InChI=1S/C21H23Cl2N3O3/c1-12(21(29)25-10-14-7-16(22)9-17(23)19(14)27)26-11-15(8-18(26)20(24)28)13-5-3-2-4-6-13/h2-7,9,12,15,18,27H,8,10-11H2,1H3,(H2,24,28)(H,25,29)/t12-,15?,18?/m0/s1. The van der Waals surface area contributed by atoms with Gasteiger partial charge in [0.25, 0.3) is 0 Å². The number of hydrogen-bond donors (Lipinski definition) is 3. The van der Waals surface area contributed by atoms with Crippen LogP contribution in [-0.2, 0) is 16.1 Å². The van der Waals surface area contributed by atoms with Crippen molar-refractivity contribution in [2.75, 3.05) is 6.54 Å². The molecule has 6 nitrogen and oxygen atoms in total. The van der Waals surface area contributed by atoms with Crippen molar-refractivity contribution in [1.82, 2.24) is 10.2 Å². The van der Waals surface area contributed by atoms with Gasteiger partial charge in [0.2, 0.25) is 11.8 Å². The van der Waals surface area contributed by atoms with E-state index in [0.29, 0.717) is 23.6 Å². The highest BCUT2D eigenvalue weighted by Crippen LogP contribution is 2.33. The number of nitrogens with one attached hydrogen (secondary N) is 1. The van der Waals surface area contributed by atoms with E-state index in [4.69, 9.17) is 28.9 Å². The maximum absolute atomic E-state index is 12.7. The van der Waals surface area contributed by atoms with Gasteiger partial charge in [-0.05, 0) is 37.0 Å². The Balaban J connectivity index is 1.70. The van der Waals surface area contributed by atoms with E-state index in [0.717, 1.165) is 5.56 Å². The van der Waals surface area contributed by atoms with Crippen molar-refractivity contribution in [3.63, 3.8) is 0 Å². The highest BCUT2D eigenvalue weighted by molar-refractivity contribution is 6.35. The molecule has 2 aromatic carbocycles. The number of phenols is 1. The van der Waals surface area contributed by atoms with E-state index in [1.54, 1.807) is 13.0 Å². The van der Waals surface area contributed by atoms with Gasteiger partial charge in [-0.3, -0.25) is 14.5 Å². The van der Waals surface area contributed by atoms with Crippen molar-refractivity contribution in [1.29, 1.82) is 0 Å². The minimum absolute atomic E-state index is 0.0620. The summed E-state index contributed by atoms with van der Waals surface area (Å²) in [6, 6.07) is 11.8. The van der Waals surface area contributed by atoms with Gasteiger partial charge in [0, 0.05) is 23.7 Å².